The average Bonchev–Trinajstić information content (AvgIpc) is 2.86. The van der Waals surface area contributed by atoms with Gasteiger partial charge in [0.05, 0.1) is 17.5 Å². The van der Waals surface area contributed by atoms with Crippen LogP contribution >= 0.6 is 0 Å². The number of ketones is 3. The number of aliphatic hydroxyl groups is 1. The molecular weight excluding hydrogens is 484 g/mol. The molecule has 1 amide bonds. The van der Waals surface area contributed by atoms with E-state index in [1.54, 1.807) is 25.1 Å². The summed E-state index contributed by atoms with van der Waals surface area (Å²) in [6, 6.07) is 11.9. The highest BCUT2D eigenvalue weighted by atomic mass is 16.3. The molecule has 3 aliphatic carbocycles. The molecule has 8 nitrogen and oxygen atoms in total. The second kappa shape index (κ2) is 9.50. The third-order valence-electron chi connectivity index (χ3n) is 8.43. The molecule has 2 fully saturated rings. The zero-order valence-electron chi connectivity index (χ0n) is 21.3. The van der Waals surface area contributed by atoms with Gasteiger partial charge in [-0.3, -0.25) is 24.1 Å². The van der Waals surface area contributed by atoms with Gasteiger partial charge in [0.25, 0.3) is 0 Å². The van der Waals surface area contributed by atoms with Gasteiger partial charge in [0, 0.05) is 24.3 Å². The number of hydrogen-bond donors (Lipinski definition) is 3. The maximum absolute atomic E-state index is 13.8. The molecule has 2 aromatic carbocycles. The van der Waals surface area contributed by atoms with E-state index >= 15 is 0 Å². The zero-order chi connectivity index (χ0) is 27.4. The zero-order valence-corrected chi connectivity index (χ0v) is 21.3. The number of carbonyl (C=O) groups is 4. The summed E-state index contributed by atoms with van der Waals surface area (Å²) in [4.78, 5) is 54.4. The highest BCUT2D eigenvalue weighted by molar-refractivity contribution is 6.17. The van der Waals surface area contributed by atoms with Crippen LogP contribution in [0.4, 0.5) is 0 Å². The van der Waals surface area contributed by atoms with Gasteiger partial charge in [-0.05, 0) is 56.1 Å². The average molecular weight is 515 g/mol. The van der Waals surface area contributed by atoms with E-state index in [0.29, 0.717) is 24.0 Å². The Balaban J connectivity index is 1.54. The molecular formula is C30H30N2O6. The van der Waals surface area contributed by atoms with Crippen molar-refractivity contribution in [3.8, 4) is 17.6 Å². The minimum Gasteiger partial charge on any atom is -0.507 e. The third-order valence-corrected chi connectivity index (χ3v) is 8.43. The Kier molecular flexibility index (Phi) is 6.46. The summed E-state index contributed by atoms with van der Waals surface area (Å²) in [6.07, 6.45) is 0.596. The third kappa shape index (κ3) is 4.03. The number of fused-ring (bicyclic) bond motifs is 3. The van der Waals surface area contributed by atoms with Gasteiger partial charge in [-0.25, -0.2) is 0 Å². The fraction of sp³-hybridized carbons (Fsp3) is 0.400. The van der Waals surface area contributed by atoms with Crippen LogP contribution in [0.25, 0.3) is 0 Å². The summed E-state index contributed by atoms with van der Waals surface area (Å²) in [6.45, 7) is 0. The number of benzene rings is 2. The number of carbonyl (C=O) groups excluding carboxylic acids is 4. The Labute approximate surface area is 220 Å². The molecule has 2 aromatic rings. The van der Waals surface area contributed by atoms with E-state index in [2.05, 4.69) is 11.8 Å². The first-order valence-corrected chi connectivity index (χ1v) is 12.7. The molecule has 0 aromatic heterocycles. The lowest BCUT2D eigenvalue weighted by atomic mass is 9.52. The molecule has 0 radical (unpaired) electrons. The van der Waals surface area contributed by atoms with Crippen molar-refractivity contribution in [3.05, 3.63) is 64.7 Å². The predicted octanol–water partition coefficient (Wildman–Crippen LogP) is 1.28. The van der Waals surface area contributed by atoms with Gasteiger partial charge < -0.3 is 15.9 Å². The highest BCUT2D eigenvalue weighted by Gasteiger charge is 2.64. The van der Waals surface area contributed by atoms with E-state index in [4.69, 9.17) is 5.73 Å². The topological polar surface area (TPSA) is 138 Å². The van der Waals surface area contributed by atoms with Crippen LogP contribution in [0.1, 0.15) is 39.9 Å². The molecule has 0 saturated heterocycles. The molecule has 4 N–H and O–H groups in total. The maximum atomic E-state index is 13.8. The first kappa shape index (κ1) is 25.8. The fourth-order valence-corrected chi connectivity index (χ4v) is 6.67. The first-order chi connectivity index (χ1) is 18.0. The van der Waals surface area contributed by atoms with E-state index in [1.807, 2.05) is 30.3 Å². The lowest BCUT2D eigenvalue weighted by molar-refractivity contribution is -0.176. The summed E-state index contributed by atoms with van der Waals surface area (Å²) in [7, 11) is 3.31. The maximum Gasteiger partial charge on any atom is 0.228 e. The molecule has 0 aliphatic heterocycles. The monoisotopic (exact) mass is 514 g/mol. The number of phenols is 1. The minimum atomic E-state index is -2.06. The second-order valence-corrected chi connectivity index (χ2v) is 10.9. The van der Waals surface area contributed by atoms with E-state index < -0.39 is 65.0 Å². The van der Waals surface area contributed by atoms with Crippen molar-refractivity contribution in [1.29, 1.82) is 0 Å². The van der Waals surface area contributed by atoms with Crippen LogP contribution in [0.5, 0.6) is 5.75 Å². The molecule has 5 rings (SSSR count). The van der Waals surface area contributed by atoms with E-state index in [0.717, 1.165) is 5.56 Å². The standard InChI is InChI=1S/C30H30N2O6/c1-32(2)25-21-14-18-13-19-17(10-6-9-16-7-4-3-5-8-16)11-12-22(33)24(19)27(35)23(18)28(36)30(21,38)15-20(26(25)34)29(31)37/h3-5,7-8,11-12,18,20-21,23,25,33,38H,9,13-15H2,1-2H3,(H2,31,37). The van der Waals surface area contributed by atoms with Crippen LogP contribution in [0.2, 0.25) is 0 Å². The molecule has 0 heterocycles. The van der Waals surface area contributed by atoms with E-state index in [1.165, 1.54) is 6.07 Å². The van der Waals surface area contributed by atoms with Crippen LogP contribution < -0.4 is 5.73 Å². The molecule has 0 bridgehead atoms. The van der Waals surface area contributed by atoms with Gasteiger partial charge in [-0.15, -0.1) is 0 Å². The van der Waals surface area contributed by atoms with Gasteiger partial charge in [-0.1, -0.05) is 42.2 Å². The van der Waals surface area contributed by atoms with Crippen molar-refractivity contribution in [1.82, 2.24) is 4.90 Å². The number of aromatic hydroxyl groups is 1. The van der Waals surface area contributed by atoms with Gasteiger partial charge in [0.2, 0.25) is 5.91 Å². The molecule has 3 aliphatic rings. The van der Waals surface area contributed by atoms with Gasteiger partial charge in [0.15, 0.2) is 17.3 Å². The van der Waals surface area contributed by atoms with Crippen LogP contribution in [-0.4, -0.2) is 64.1 Å². The Bertz CT molecular complexity index is 1410. The number of rotatable bonds is 3. The van der Waals surface area contributed by atoms with Gasteiger partial charge in [-0.2, -0.15) is 0 Å². The Morgan fingerprint density at radius 3 is 2.50 bits per heavy atom. The number of hydrogen-bond acceptors (Lipinski definition) is 7. The van der Waals surface area contributed by atoms with Gasteiger partial charge in [0.1, 0.15) is 17.3 Å². The lowest BCUT2D eigenvalue weighted by Gasteiger charge is -2.53. The van der Waals surface area contributed by atoms with Crippen LogP contribution in [0.3, 0.4) is 0 Å². The molecule has 38 heavy (non-hydrogen) atoms. The Morgan fingerprint density at radius 1 is 1.13 bits per heavy atom. The molecule has 8 heteroatoms. The Hall–Kier alpha value is -3.80. The number of likely N-dealkylation sites (N-methyl/N-ethyl adjacent to an activating group) is 1. The lowest BCUT2D eigenvalue weighted by Crippen LogP contribution is -2.69. The Morgan fingerprint density at radius 2 is 1.84 bits per heavy atom. The number of amides is 1. The van der Waals surface area contributed by atoms with E-state index in [9.17, 15) is 29.4 Å². The van der Waals surface area contributed by atoms with Crippen molar-refractivity contribution in [2.45, 2.75) is 37.3 Å². The summed E-state index contributed by atoms with van der Waals surface area (Å²) < 4.78 is 0. The van der Waals surface area contributed by atoms with Crippen LogP contribution in [0, 0.1) is 35.5 Å². The number of Topliss-reactive ketones (excluding diaryl/α,β-unsaturated/α-hetero) is 3. The largest absolute Gasteiger partial charge is 0.507 e. The quantitative estimate of drug-likeness (QED) is 0.414. The number of nitrogens with two attached hydrogens (primary N) is 1. The van der Waals surface area contributed by atoms with Crippen molar-refractivity contribution in [2.75, 3.05) is 14.1 Å². The highest BCUT2D eigenvalue weighted by Crippen LogP contribution is 2.52. The van der Waals surface area contributed by atoms with Gasteiger partial charge >= 0.3 is 0 Å². The normalized spacial score (nSPS) is 30.1. The summed E-state index contributed by atoms with van der Waals surface area (Å²) in [5, 5.41) is 22.3. The number of nitrogens with zero attached hydrogens (tertiary/aromatic N) is 1. The molecule has 196 valence electrons. The van der Waals surface area contributed by atoms with E-state index in [-0.39, 0.29) is 17.7 Å². The fourth-order valence-electron chi connectivity index (χ4n) is 6.67. The van der Waals surface area contributed by atoms with Crippen molar-refractivity contribution >= 4 is 23.3 Å². The summed E-state index contributed by atoms with van der Waals surface area (Å²) in [5.41, 5.74) is 5.69. The minimum absolute atomic E-state index is 0.0515. The number of phenolic OH excluding ortho intramolecular Hbond substituents is 1. The van der Waals surface area contributed by atoms with Crippen molar-refractivity contribution in [2.24, 2.45) is 29.4 Å². The number of primary amides is 1. The summed E-state index contributed by atoms with van der Waals surface area (Å²) >= 11 is 0. The summed E-state index contributed by atoms with van der Waals surface area (Å²) in [5.74, 6) is -0.360. The molecule has 6 atom stereocenters. The van der Waals surface area contributed by atoms with Crippen molar-refractivity contribution < 1.29 is 29.4 Å². The smallest absolute Gasteiger partial charge is 0.228 e. The van der Waals surface area contributed by atoms with Crippen LogP contribution in [0.15, 0.2) is 42.5 Å². The second-order valence-electron chi connectivity index (χ2n) is 10.9. The van der Waals surface area contributed by atoms with Crippen molar-refractivity contribution in [3.63, 3.8) is 0 Å². The first-order valence-electron chi connectivity index (χ1n) is 12.7. The molecule has 2 saturated carbocycles. The predicted molar refractivity (Wildman–Crippen MR) is 138 cm³/mol. The van der Waals surface area contributed by atoms with Crippen LogP contribution in [-0.2, 0) is 27.2 Å². The molecule has 6 unspecified atom stereocenters. The SMILES string of the molecule is CN(C)C1C(=O)C(C(N)=O)CC2(O)C(=O)C3C(=O)c4c(O)ccc(C#CCc5ccccc5)c4CC3CC12. The molecule has 0 spiro atoms.